The Kier molecular flexibility index (Phi) is 12.0. The zero-order valence-corrected chi connectivity index (χ0v) is 28.3. The zero-order valence-electron chi connectivity index (χ0n) is 26.6. The SMILES string of the molecule is COc1ccc(-n2nnnc2C(F)(F)F)c(OC)c1CN1C[C@@H]2C[C@@H](NC(C)=O)CN2[C@H](C(c2ccccc2)c2ccccc2)C1.Cl.Cl. The van der Waals surface area contributed by atoms with Crippen molar-refractivity contribution >= 4 is 30.7 Å². The molecule has 4 aromatic rings. The predicted molar refractivity (Wildman–Crippen MR) is 178 cm³/mol. The van der Waals surface area contributed by atoms with Crippen LogP contribution in [0.4, 0.5) is 13.2 Å². The van der Waals surface area contributed by atoms with Crippen LogP contribution in [0.3, 0.4) is 0 Å². The Morgan fingerprint density at radius 1 is 0.938 bits per heavy atom. The minimum absolute atomic E-state index is 0. The molecule has 3 atom stereocenters. The molecule has 6 rings (SSSR count). The van der Waals surface area contributed by atoms with Crippen molar-refractivity contribution in [3.63, 3.8) is 0 Å². The summed E-state index contributed by atoms with van der Waals surface area (Å²) < 4.78 is 53.5. The molecule has 2 aliphatic rings. The number of carbonyl (C=O) groups is 1. The second-order valence-corrected chi connectivity index (χ2v) is 11.8. The van der Waals surface area contributed by atoms with Gasteiger partial charge in [-0.05, 0) is 40.1 Å². The average Bonchev–Trinajstić information content (AvgIpc) is 3.69. The van der Waals surface area contributed by atoms with E-state index in [0.29, 0.717) is 35.6 Å². The van der Waals surface area contributed by atoms with E-state index in [1.54, 1.807) is 6.07 Å². The molecule has 2 fully saturated rings. The Bertz CT molecular complexity index is 1620. The second-order valence-electron chi connectivity index (χ2n) is 11.8. The van der Waals surface area contributed by atoms with E-state index in [0.717, 1.165) is 13.0 Å². The van der Waals surface area contributed by atoms with Crippen molar-refractivity contribution < 1.29 is 27.4 Å². The molecule has 1 aromatic heterocycles. The summed E-state index contributed by atoms with van der Waals surface area (Å²) in [5.41, 5.74) is 3.00. The molecule has 0 unspecified atom stereocenters. The molecule has 258 valence electrons. The standard InChI is InChI=1S/C33H36F3N7O3.2ClH/c1-21(44)37-24-16-25-18-41(20-28(42(25)17-24)30(22-10-6-4-7-11-22)23-12-8-5-9-13-23)19-26-29(45-2)15-14-27(31(26)46-3)43-32(33(34,35)36)38-39-40-43;;/h4-15,24-25,28,30H,16-20H2,1-3H3,(H,37,44);2*1H/t24-,25+,28+;;/m1../s1. The van der Waals surface area contributed by atoms with Crippen LogP contribution >= 0.6 is 24.8 Å². The van der Waals surface area contributed by atoms with Crippen LogP contribution in [-0.2, 0) is 17.5 Å². The van der Waals surface area contributed by atoms with Gasteiger partial charge in [0.05, 0.1) is 19.8 Å². The van der Waals surface area contributed by atoms with Gasteiger partial charge in [-0.15, -0.1) is 29.9 Å². The van der Waals surface area contributed by atoms with E-state index >= 15 is 0 Å². The highest BCUT2D eigenvalue weighted by atomic mass is 35.5. The minimum atomic E-state index is -4.77. The van der Waals surface area contributed by atoms with Gasteiger partial charge in [0.15, 0.2) is 5.75 Å². The first kappa shape index (κ1) is 36.9. The maximum atomic E-state index is 13.8. The van der Waals surface area contributed by atoms with Gasteiger partial charge in [-0.3, -0.25) is 14.6 Å². The van der Waals surface area contributed by atoms with Crippen LogP contribution in [0.15, 0.2) is 72.8 Å². The van der Waals surface area contributed by atoms with Crippen molar-refractivity contribution in [3.8, 4) is 17.2 Å². The van der Waals surface area contributed by atoms with Gasteiger partial charge in [0.1, 0.15) is 11.4 Å². The van der Waals surface area contributed by atoms with Crippen LogP contribution in [-0.4, -0.2) is 87.9 Å². The summed E-state index contributed by atoms with van der Waals surface area (Å²) in [6.45, 7) is 3.93. The highest BCUT2D eigenvalue weighted by Gasteiger charge is 2.45. The quantitative estimate of drug-likeness (QED) is 0.256. The second kappa shape index (κ2) is 15.5. The molecule has 15 heteroatoms. The third-order valence-electron chi connectivity index (χ3n) is 8.86. The maximum absolute atomic E-state index is 13.8. The number of hydrogen-bond donors (Lipinski definition) is 1. The first-order chi connectivity index (χ1) is 22.2. The van der Waals surface area contributed by atoms with E-state index < -0.39 is 12.0 Å². The molecule has 1 amide bonds. The van der Waals surface area contributed by atoms with Crippen LogP contribution in [0, 0.1) is 0 Å². The number of fused-ring (bicyclic) bond motifs is 1. The lowest BCUT2D eigenvalue weighted by Crippen LogP contribution is -2.58. The molecule has 48 heavy (non-hydrogen) atoms. The summed E-state index contributed by atoms with van der Waals surface area (Å²) in [6, 6.07) is 24.0. The average molecular weight is 709 g/mol. The number of aromatic nitrogens is 4. The van der Waals surface area contributed by atoms with Gasteiger partial charge in [-0.2, -0.15) is 17.9 Å². The molecule has 10 nitrogen and oxygen atoms in total. The number of alkyl halides is 3. The van der Waals surface area contributed by atoms with Crippen LogP contribution in [0.2, 0.25) is 0 Å². The van der Waals surface area contributed by atoms with Gasteiger partial charge in [-0.25, -0.2) is 0 Å². The summed E-state index contributed by atoms with van der Waals surface area (Å²) in [4.78, 5) is 16.9. The molecule has 1 N–H and O–H groups in total. The number of methoxy groups -OCH3 is 2. The number of hydrogen-bond acceptors (Lipinski definition) is 8. The van der Waals surface area contributed by atoms with Crippen LogP contribution in [0.1, 0.15) is 41.8 Å². The summed E-state index contributed by atoms with van der Waals surface area (Å²) in [7, 11) is 2.93. The van der Waals surface area contributed by atoms with Gasteiger partial charge < -0.3 is 14.8 Å². The number of tetrazole rings is 1. The third kappa shape index (κ3) is 7.54. The molecular formula is C33H38Cl2F3N7O3. The van der Waals surface area contributed by atoms with Gasteiger partial charge in [0, 0.05) is 57.1 Å². The smallest absolute Gasteiger partial charge is 0.453 e. The number of piperazine rings is 1. The molecule has 0 radical (unpaired) electrons. The maximum Gasteiger partial charge on any atom is 0.453 e. The van der Waals surface area contributed by atoms with Crippen molar-refractivity contribution in [3.05, 3.63) is 95.3 Å². The summed E-state index contributed by atoms with van der Waals surface area (Å²) in [5.74, 6) is -0.616. The van der Waals surface area contributed by atoms with E-state index in [-0.39, 0.29) is 66.2 Å². The van der Waals surface area contributed by atoms with Crippen LogP contribution in [0.5, 0.6) is 11.5 Å². The van der Waals surface area contributed by atoms with E-state index in [9.17, 15) is 18.0 Å². The molecule has 2 saturated heterocycles. The lowest BCUT2D eigenvalue weighted by atomic mass is 9.82. The molecule has 0 saturated carbocycles. The molecule has 0 aliphatic carbocycles. The van der Waals surface area contributed by atoms with Crippen LogP contribution in [0.25, 0.3) is 5.69 Å². The fourth-order valence-corrected chi connectivity index (χ4v) is 7.13. The van der Waals surface area contributed by atoms with Gasteiger partial charge in [0.25, 0.3) is 5.82 Å². The Balaban J connectivity index is 0.00000260. The van der Waals surface area contributed by atoms with Crippen molar-refractivity contribution in [2.45, 2.75) is 50.1 Å². The zero-order chi connectivity index (χ0) is 32.4. The van der Waals surface area contributed by atoms with Gasteiger partial charge >= 0.3 is 6.18 Å². The van der Waals surface area contributed by atoms with Crippen molar-refractivity contribution in [1.29, 1.82) is 0 Å². The van der Waals surface area contributed by atoms with E-state index in [1.807, 2.05) is 36.4 Å². The van der Waals surface area contributed by atoms with Crippen LogP contribution < -0.4 is 14.8 Å². The predicted octanol–water partition coefficient (Wildman–Crippen LogP) is 5.14. The van der Waals surface area contributed by atoms with Gasteiger partial charge in [-0.1, -0.05) is 60.7 Å². The topological polar surface area (TPSA) is 97.6 Å². The number of nitrogens with zero attached hydrogens (tertiary/aromatic N) is 6. The fourth-order valence-electron chi connectivity index (χ4n) is 7.13. The number of carbonyl (C=O) groups excluding carboxylic acids is 1. The normalized spacial score (nSPS) is 19.6. The van der Waals surface area contributed by atoms with E-state index in [4.69, 9.17) is 9.47 Å². The Morgan fingerprint density at radius 2 is 1.58 bits per heavy atom. The fraction of sp³-hybridized carbons (Fsp3) is 0.394. The van der Waals surface area contributed by atoms with Gasteiger partial charge in [0.2, 0.25) is 5.91 Å². The van der Waals surface area contributed by atoms with Crippen molar-refractivity contribution in [1.82, 2.24) is 35.3 Å². The Morgan fingerprint density at radius 3 is 2.15 bits per heavy atom. The number of benzene rings is 3. The summed E-state index contributed by atoms with van der Waals surface area (Å²) >= 11 is 0. The van der Waals surface area contributed by atoms with Crippen molar-refractivity contribution in [2.75, 3.05) is 33.9 Å². The number of ether oxygens (including phenoxy) is 2. The largest absolute Gasteiger partial charge is 0.496 e. The highest BCUT2D eigenvalue weighted by Crippen LogP contribution is 2.41. The molecule has 3 aromatic carbocycles. The number of amides is 1. The Labute approximate surface area is 289 Å². The molecule has 3 heterocycles. The van der Waals surface area contributed by atoms with E-state index in [2.05, 4.69) is 54.9 Å². The monoisotopic (exact) mass is 707 g/mol. The van der Waals surface area contributed by atoms with Crippen molar-refractivity contribution in [2.24, 2.45) is 0 Å². The Hall–Kier alpha value is -3.91. The number of rotatable bonds is 9. The number of nitrogens with one attached hydrogen (secondary N) is 1. The molecule has 2 aliphatic heterocycles. The molecule has 0 spiro atoms. The third-order valence-corrected chi connectivity index (χ3v) is 8.86. The van der Waals surface area contributed by atoms with E-state index in [1.165, 1.54) is 38.3 Å². The summed E-state index contributed by atoms with van der Waals surface area (Å²) in [5, 5.41) is 13.3. The molecular weight excluding hydrogens is 670 g/mol. The first-order valence-corrected chi connectivity index (χ1v) is 15.1. The lowest BCUT2D eigenvalue weighted by Gasteiger charge is -2.47. The highest BCUT2D eigenvalue weighted by molar-refractivity contribution is 5.85. The molecule has 0 bridgehead atoms. The lowest BCUT2D eigenvalue weighted by molar-refractivity contribution is -0.146. The number of halogens is 5. The summed E-state index contributed by atoms with van der Waals surface area (Å²) in [6.07, 6.45) is -3.99. The minimum Gasteiger partial charge on any atom is -0.496 e. The first-order valence-electron chi connectivity index (χ1n) is 15.1.